The van der Waals surface area contributed by atoms with E-state index in [9.17, 15) is 15.0 Å². The van der Waals surface area contributed by atoms with Crippen molar-refractivity contribution in [2.45, 2.75) is 115 Å². The van der Waals surface area contributed by atoms with E-state index in [1.54, 1.807) is 0 Å². The molecule has 1 heterocycles. The van der Waals surface area contributed by atoms with Crippen LogP contribution in [0.4, 0.5) is 0 Å². The van der Waals surface area contributed by atoms with Crippen LogP contribution in [0.25, 0.3) is 0 Å². The number of unbranched alkanes of at least 4 members (excludes halogenated alkanes) is 3. The highest BCUT2D eigenvalue weighted by molar-refractivity contribution is 6.73. The van der Waals surface area contributed by atoms with Gasteiger partial charge in [-0.1, -0.05) is 72.3 Å². The SMILES string of the molecule is CCCC[Si](CCCC)(CCCC)O[C@H]1CC2OC[C@@]2(O)[C@H]2[C@H](O)C(=O)C=C[C@]12C. The van der Waals surface area contributed by atoms with E-state index in [1.807, 2.05) is 6.08 Å². The van der Waals surface area contributed by atoms with Gasteiger partial charge in [0.15, 0.2) is 14.1 Å². The zero-order valence-electron chi connectivity index (χ0n) is 19.4. The van der Waals surface area contributed by atoms with Gasteiger partial charge in [-0.25, -0.2) is 0 Å². The summed E-state index contributed by atoms with van der Waals surface area (Å²) < 4.78 is 13.0. The number of ether oxygens (including phenoxy) is 1. The molecule has 1 saturated heterocycles. The second kappa shape index (κ2) is 9.53. The summed E-state index contributed by atoms with van der Waals surface area (Å²) in [6.07, 6.45) is 9.44. The van der Waals surface area contributed by atoms with Crippen LogP contribution in [0.5, 0.6) is 0 Å². The molecule has 1 saturated carbocycles. The van der Waals surface area contributed by atoms with Gasteiger partial charge in [0.25, 0.3) is 0 Å². The number of rotatable bonds is 11. The van der Waals surface area contributed by atoms with Crippen LogP contribution in [0.1, 0.15) is 72.6 Å². The van der Waals surface area contributed by atoms with Crippen molar-refractivity contribution < 1.29 is 24.2 Å². The second-order valence-electron chi connectivity index (χ2n) is 10.2. The fourth-order valence-electron chi connectivity index (χ4n) is 6.00. The zero-order valence-corrected chi connectivity index (χ0v) is 20.4. The maximum Gasteiger partial charge on any atom is 0.193 e. The first-order chi connectivity index (χ1) is 14.3. The van der Waals surface area contributed by atoms with Gasteiger partial charge in [0.05, 0.1) is 18.8 Å². The quantitative estimate of drug-likeness (QED) is 0.468. The molecule has 172 valence electrons. The fraction of sp³-hybridized carbons (Fsp3) is 0.875. The van der Waals surface area contributed by atoms with E-state index < -0.39 is 31.4 Å². The molecule has 2 fully saturated rings. The molecule has 0 bridgehead atoms. The molecule has 6 heteroatoms. The van der Waals surface area contributed by atoms with Crippen molar-refractivity contribution in [3.05, 3.63) is 12.2 Å². The Bertz CT molecular complexity index is 615. The Balaban J connectivity index is 1.94. The lowest BCUT2D eigenvalue weighted by Crippen LogP contribution is -2.76. The normalized spacial score (nSPS) is 38.1. The minimum atomic E-state index is -2.00. The summed E-state index contributed by atoms with van der Waals surface area (Å²) in [6.45, 7) is 8.98. The minimum Gasteiger partial charge on any atom is -0.413 e. The molecular formula is C24H42O5Si. The summed E-state index contributed by atoms with van der Waals surface area (Å²) in [5, 5.41) is 22.1. The van der Waals surface area contributed by atoms with Crippen molar-refractivity contribution in [3.63, 3.8) is 0 Å². The Hall–Kier alpha value is -0.533. The van der Waals surface area contributed by atoms with Crippen LogP contribution in [0.15, 0.2) is 12.2 Å². The van der Waals surface area contributed by atoms with Crippen LogP contribution >= 0.6 is 0 Å². The molecule has 0 spiro atoms. The molecule has 0 amide bonds. The summed E-state index contributed by atoms with van der Waals surface area (Å²) in [5.74, 6) is -0.890. The molecule has 1 aliphatic heterocycles. The standard InChI is InChI=1S/C24H42O5Si/c1-5-8-13-30(14-9-6-2,15-10-7-3)29-19-16-20-24(27,17-28-20)22-21(26)18(25)11-12-23(19,22)4/h11-12,19-22,26-27H,5-10,13-17H2,1-4H3/t19-,20?,21+,22-,23+,24-/m0/s1. The van der Waals surface area contributed by atoms with Gasteiger partial charge in [-0.3, -0.25) is 4.79 Å². The molecule has 0 aromatic carbocycles. The number of carbonyl (C=O) groups excluding carboxylic acids is 1. The van der Waals surface area contributed by atoms with Gasteiger partial charge in [0.2, 0.25) is 0 Å². The van der Waals surface area contributed by atoms with E-state index in [0.29, 0.717) is 6.42 Å². The number of aliphatic hydroxyl groups excluding tert-OH is 1. The topological polar surface area (TPSA) is 76.0 Å². The summed E-state index contributed by atoms with van der Waals surface area (Å²) in [4.78, 5) is 12.3. The third kappa shape index (κ3) is 4.23. The summed E-state index contributed by atoms with van der Waals surface area (Å²) in [5.41, 5.74) is -1.71. The van der Waals surface area contributed by atoms with Gasteiger partial charge in [-0.2, -0.15) is 0 Å². The Morgan fingerprint density at radius 1 is 1.13 bits per heavy atom. The van der Waals surface area contributed by atoms with Gasteiger partial charge < -0.3 is 19.4 Å². The average molecular weight is 439 g/mol. The van der Waals surface area contributed by atoms with E-state index >= 15 is 0 Å². The first-order valence-corrected chi connectivity index (χ1v) is 14.7. The largest absolute Gasteiger partial charge is 0.413 e. The van der Waals surface area contributed by atoms with Crippen LogP contribution < -0.4 is 0 Å². The Kier molecular flexibility index (Phi) is 7.66. The van der Waals surface area contributed by atoms with Crippen LogP contribution in [0, 0.1) is 11.3 Å². The number of aliphatic hydroxyl groups is 2. The maximum absolute atomic E-state index is 12.3. The van der Waals surface area contributed by atoms with Gasteiger partial charge in [0, 0.05) is 17.8 Å². The lowest BCUT2D eigenvalue weighted by molar-refractivity contribution is -0.321. The van der Waals surface area contributed by atoms with Crippen LogP contribution in [-0.4, -0.2) is 54.8 Å². The third-order valence-electron chi connectivity index (χ3n) is 7.97. The molecule has 2 aliphatic carbocycles. The van der Waals surface area contributed by atoms with Crippen LogP contribution in [0.2, 0.25) is 18.1 Å². The Morgan fingerprint density at radius 3 is 2.17 bits per heavy atom. The van der Waals surface area contributed by atoms with E-state index in [1.165, 1.54) is 62.7 Å². The molecule has 1 unspecified atom stereocenters. The minimum absolute atomic E-state index is 0.135. The molecule has 0 aromatic rings. The molecule has 3 rings (SSSR count). The lowest BCUT2D eigenvalue weighted by Gasteiger charge is -2.63. The first kappa shape index (κ1) is 24.1. The first-order valence-electron chi connectivity index (χ1n) is 12.2. The zero-order chi connectivity index (χ0) is 22.0. The molecule has 6 atom stereocenters. The Labute approximate surface area is 183 Å². The number of hydrogen-bond donors (Lipinski definition) is 2. The van der Waals surface area contributed by atoms with Crippen molar-refractivity contribution in [2.75, 3.05) is 6.61 Å². The molecule has 2 N–H and O–H groups in total. The molecule has 5 nitrogen and oxygen atoms in total. The summed E-state index contributed by atoms with van der Waals surface area (Å²) in [7, 11) is -2.00. The van der Waals surface area contributed by atoms with Crippen molar-refractivity contribution in [1.29, 1.82) is 0 Å². The van der Waals surface area contributed by atoms with Gasteiger partial charge >= 0.3 is 0 Å². The molecule has 30 heavy (non-hydrogen) atoms. The van der Waals surface area contributed by atoms with E-state index in [4.69, 9.17) is 9.16 Å². The predicted octanol–water partition coefficient (Wildman–Crippen LogP) is 4.37. The van der Waals surface area contributed by atoms with Gasteiger partial charge in [0.1, 0.15) is 11.7 Å². The van der Waals surface area contributed by atoms with Crippen LogP contribution in [-0.2, 0) is 14.0 Å². The summed E-state index contributed by atoms with van der Waals surface area (Å²) in [6, 6.07) is 3.51. The smallest absolute Gasteiger partial charge is 0.193 e. The third-order valence-corrected chi connectivity index (χ3v) is 12.5. The predicted molar refractivity (Wildman–Crippen MR) is 121 cm³/mol. The highest BCUT2D eigenvalue weighted by Crippen LogP contribution is 2.57. The number of carbonyl (C=O) groups is 1. The van der Waals surface area contributed by atoms with Crippen molar-refractivity contribution >= 4 is 14.1 Å². The van der Waals surface area contributed by atoms with E-state index in [2.05, 4.69) is 27.7 Å². The van der Waals surface area contributed by atoms with E-state index in [-0.39, 0.29) is 24.6 Å². The number of ketones is 1. The molecule has 0 radical (unpaired) electrons. The van der Waals surface area contributed by atoms with Crippen molar-refractivity contribution in [3.8, 4) is 0 Å². The Morgan fingerprint density at radius 2 is 1.70 bits per heavy atom. The number of fused-ring (bicyclic) bond motifs is 3. The molecular weight excluding hydrogens is 396 g/mol. The maximum atomic E-state index is 12.3. The van der Waals surface area contributed by atoms with Gasteiger partial charge in [-0.05, 0) is 24.2 Å². The highest BCUT2D eigenvalue weighted by atomic mass is 28.4. The van der Waals surface area contributed by atoms with Crippen molar-refractivity contribution in [2.24, 2.45) is 11.3 Å². The second-order valence-corrected chi connectivity index (χ2v) is 14.3. The fourth-order valence-corrected chi connectivity index (χ4v) is 11.0. The average Bonchev–Trinajstić information content (AvgIpc) is 2.73. The highest BCUT2D eigenvalue weighted by Gasteiger charge is 2.68. The lowest BCUT2D eigenvalue weighted by atomic mass is 9.52. The van der Waals surface area contributed by atoms with Crippen molar-refractivity contribution in [1.82, 2.24) is 0 Å². The van der Waals surface area contributed by atoms with Gasteiger partial charge in [-0.15, -0.1) is 0 Å². The van der Waals surface area contributed by atoms with Crippen LogP contribution in [0.3, 0.4) is 0 Å². The molecule has 0 aromatic heterocycles. The monoisotopic (exact) mass is 438 g/mol. The summed E-state index contributed by atoms with van der Waals surface area (Å²) >= 11 is 0. The van der Waals surface area contributed by atoms with E-state index in [0.717, 1.165) is 0 Å². The molecule has 3 aliphatic rings. The number of hydrogen-bond acceptors (Lipinski definition) is 5.